The molecule has 0 aromatic heterocycles. The van der Waals surface area contributed by atoms with Gasteiger partial charge in [0.25, 0.3) is 0 Å². The van der Waals surface area contributed by atoms with Gasteiger partial charge in [-0.2, -0.15) is 0 Å². The number of nitrogens with one attached hydrogen (secondary N) is 2. The normalized spacial score (nSPS) is 20.5. The van der Waals surface area contributed by atoms with Gasteiger partial charge < -0.3 is 21.3 Å². The highest BCUT2D eigenvalue weighted by molar-refractivity contribution is 5.92. The third-order valence-electron chi connectivity index (χ3n) is 3.96. The molecule has 126 valence electrons. The lowest BCUT2D eigenvalue weighted by molar-refractivity contribution is -0.141. The van der Waals surface area contributed by atoms with Crippen LogP contribution in [0.2, 0.25) is 0 Å². The van der Waals surface area contributed by atoms with Crippen LogP contribution in [-0.2, 0) is 14.4 Å². The third-order valence-corrected chi connectivity index (χ3v) is 3.96. The van der Waals surface area contributed by atoms with E-state index in [1.54, 1.807) is 7.05 Å². The van der Waals surface area contributed by atoms with Crippen LogP contribution in [0.25, 0.3) is 0 Å². The first-order valence-corrected chi connectivity index (χ1v) is 7.83. The molecule has 0 aromatic rings. The average Bonchev–Trinajstić information content (AvgIpc) is 2.96. The molecule has 0 aliphatic carbocycles. The van der Waals surface area contributed by atoms with Crippen LogP contribution in [0.3, 0.4) is 0 Å². The van der Waals surface area contributed by atoms with E-state index in [0.29, 0.717) is 6.42 Å². The van der Waals surface area contributed by atoms with Crippen LogP contribution in [0.5, 0.6) is 0 Å². The number of likely N-dealkylation sites (N-methyl/N-ethyl adjacent to an activating group) is 1. The number of carbonyl (C=O) groups is 3. The molecule has 0 saturated carbocycles. The van der Waals surface area contributed by atoms with E-state index in [2.05, 4.69) is 10.6 Å². The van der Waals surface area contributed by atoms with E-state index in [4.69, 9.17) is 5.73 Å². The molecule has 0 aromatic carbocycles. The molecular weight excluding hydrogens is 284 g/mol. The van der Waals surface area contributed by atoms with E-state index < -0.39 is 18.0 Å². The molecule has 0 radical (unpaired) electrons. The van der Waals surface area contributed by atoms with Gasteiger partial charge in [0.1, 0.15) is 12.1 Å². The Hall–Kier alpha value is -1.63. The molecule has 1 rings (SSSR count). The van der Waals surface area contributed by atoms with Crippen molar-refractivity contribution in [2.75, 3.05) is 13.6 Å². The molecule has 1 aliphatic rings. The molecule has 1 fully saturated rings. The molecule has 0 spiro atoms. The number of nitrogens with two attached hydrogens (primary N) is 1. The van der Waals surface area contributed by atoms with E-state index in [-0.39, 0.29) is 23.8 Å². The first-order valence-electron chi connectivity index (χ1n) is 7.83. The Morgan fingerprint density at radius 1 is 1.32 bits per heavy atom. The van der Waals surface area contributed by atoms with Crippen molar-refractivity contribution in [3.05, 3.63) is 0 Å². The minimum Gasteiger partial charge on any atom is -0.368 e. The highest BCUT2D eigenvalue weighted by Gasteiger charge is 2.33. The second kappa shape index (κ2) is 8.12. The molecule has 1 saturated heterocycles. The topological polar surface area (TPSA) is 105 Å². The van der Waals surface area contributed by atoms with Crippen molar-refractivity contribution in [2.45, 2.75) is 58.2 Å². The summed E-state index contributed by atoms with van der Waals surface area (Å²) in [5.41, 5.74) is 5.18. The second-order valence-corrected chi connectivity index (χ2v) is 6.38. The predicted octanol–water partition coefficient (Wildman–Crippen LogP) is -0.398. The Morgan fingerprint density at radius 3 is 2.41 bits per heavy atom. The fourth-order valence-electron chi connectivity index (χ4n) is 2.56. The molecule has 1 heterocycles. The van der Waals surface area contributed by atoms with Gasteiger partial charge in [-0.15, -0.1) is 0 Å². The number of nitrogens with zero attached hydrogens (tertiary/aromatic N) is 1. The van der Waals surface area contributed by atoms with Crippen molar-refractivity contribution in [3.63, 3.8) is 0 Å². The summed E-state index contributed by atoms with van der Waals surface area (Å²) in [6.45, 7) is 6.34. The minimum atomic E-state index is -0.754. The molecule has 4 N–H and O–H groups in total. The number of hydrogen-bond donors (Lipinski definition) is 3. The molecule has 3 atom stereocenters. The summed E-state index contributed by atoms with van der Waals surface area (Å²) < 4.78 is 0. The Kier molecular flexibility index (Phi) is 6.80. The summed E-state index contributed by atoms with van der Waals surface area (Å²) in [5.74, 6) is -0.770. The number of amides is 3. The van der Waals surface area contributed by atoms with Gasteiger partial charge in [0.05, 0.1) is 6.04 Å². The van der Waals surface area contributed by atoms with Crippen LogP contribution < -0.4 is 16.4 Å². The monoisotopic (exact) mass is 312 g/mol. The highest BCUT2D eigenvalue weighted by Crippen LogP contribution is 2.15. The maximum atomic E-state index is 12.5. The smallest absolute Gasteiger partial charge is 0.243 e. The van der Waals surface area contributed by atoms with Crippen molar-refractivity contribution in [3.8, 4) is 0 Å². The van der Waals surface area contributed by atoms with Gasteiger partial charge in [-0.3, -0.25) is 14.4 Å². The molecule has 1 unspecified atom stereocenters. The van der Waals surface area contributed by atoms with Crippen LogP contribution in [0.4, 0.5) is 0 Å². The first-order chi connectivity index (χ1) is 10.2. The second-order valence-electron chi connectivity index (χ2n) is 6.38. The molecule has 0 bridgehead atoms. The van der Waals surface area contributed by atoms with Crippen molar-refractivity contribution in [1.29, 1.82) is 0 Å². The lowest BCUT2D eigenvalue weighted by atomic mass is 10.0. The van der Waals surface area contributed by atoms with Crippen molar-refractivity contribution in [1.82, 2.24) is 15.5 Å². The highest BCUT2D eigenvalue weighted by atomic mass is 16.2. The lowest BCUT2D eigenvalue weighted by Crippen LogP contribution is -2.55. The Bertz CT molecular complexity index is 419. The van der Waals surface area contributed by atoms with Crippen LogP contribution in [0.15, 0.2) is 0 Å². The zero-order chi connectivity index (χ0) is 16.9. The fourth-order valence-corrected chi connectivity index (χ4v) is 2.56. The number of primary amides is 1. The van der Waals surface area contributed by atoms with Crippen LogP contribution in [0.1, 0.15) is 40.0 Å². The third kappa shape index (κ3) is 4.98. The molecular formula is C15H28N4O3. The van der Waals surface area contributed by atoms with Gasteiger partial charge in [0, 0.05) is 7.05 Å². The summed E-state index contributed by atoms with van der Waals surface area (Å²) in [6, 6.07) is -1.58. The molecule has 22 heavy (non-hydrogen) atoms. The summed E-state index contributed by atoms with van der Waals surface area (Å²) in [4.78, 5) is 37.5. The maximum Gasteiger partial charge on any atom is 0.243 e. The zero-order valence-electron chi connectivity index (χ0n) is 13.9. The van der Waals surface area contributed by atoms with Crippen molar-refractivity contribution in [2.24, 2.45) is 11.7 Å². The maximum absolute atomic E-state index is 12.5. The summed E-state index contributed by atoms with van der Waals surface area (Å²) in [6.07, 6.45) is 2.28. The SMILES string of the molecule is CC(C)C[C@@H](C(=O)N[C@H](C)C(N)=O)N(C)C(=O)C1CCCN1. The number of carbonyl (C=O) groups excluding carboxylic acids is 3. The van der Waals surface area contributed by atoms with E-state index in [0.717, 1.165) is 19.4 Å². The van der Waals surface area contributed by atoms with E-state index in [9.17, 15) is 14.4 Å². The predicted molar refractivity (Wildman–Crippen MR) is 83.8 cm³/mol. The van der Waals surface area contributed by atoms with Crippen LogP contribution in [-0.4, -0.2) is 54.3 Å². The van der Waals surface area contributed by atoms with Gasteiger partial charge in [0.2, 0.25) is 17.7 Å². The molecule has 3 amide bonds. The van der Waals surface area contributed by atoms with Gasteiger partial charge >= 0.3 is 0 Å². The summed E-state index contributed by atoms with van der Waals surface area (Å²) in [7, 11) is 1.64. The number of rotatable bonds is 7. The van der Waals surface area contributed by atoms with E-state index >= 15 is 0 Å². The van der Waals surface area contributed by atoms with Crippen molar-refractivity contribution < 1.29 is 14.4 Å². The van der Waals surface area contributed by atoms with Gasteiger partial charge in [-0.05, 0) is 38.6 Å². The summed E-state index contributed by atoms with van der Waals surface area (Å²) >= 11 is 0. The van der Waals surface area contributed by atoms with Gasteiger partial charge in [-0.1, -0.05) is 13.8 Å². The number of hydrogen-bond acceptors (Lipinski definition) is 4. The van der Waals surface area contributed by atoms with E-state index in [1.165, 1.54) is 11.8 Å². The first kappa shape index (κ1) is 18.4. The van der Waals surface area contributed by atoms with Crippen LogP contribution in [0, 0.1) is 5.92 Å². The average molecular weight is 312 g/mol. The van der Waals surface area contributed by atoms with Crippen LogP contribution >= 0.6 is 0 Å². The molecule has 7 nitrogen and oxygen atoms in total. The fraction of sp³-hybridized carbons (Fsp3) is 0.800. The summed E-state index contributed by atoms with van der Waals surface area (Å²) in [5, 5.41) is 5.73. The Morgan fingerprint density at radius 2 is 1.95 bits per heavy atom. The van der Waals surface area contributed by atoms with Gasteiger partial charge in [-0.25, -0.2) is 0 Å². The standard InChI is InChI=1S/C15H28N4O3/c1-9(2)8-12(14(21)18-10(3)13(16)20)19(4)15(22)11-6-5-7-17-11/h9-12,17H,5-8H2,1-4H3,(H2,16,20)(H,18,21)/t10-,11?,12+/m1/s1. The van der Waals surface area contributed by atoms with E-state index in [1.807, 2.05) is 13.8 Å². The Labute approximate surface area is 132 Å². The molecule has 7 heteroatoms. The van der Waals surface area contributed by atoms with Crippen molar-refractivity contribution >= 4 is 17.7 Å². The molecule has 1 aliphatic heterocycles. The lowest BCUT2D eigenvalue weighted by Gasteiger charge is -2.31. The quantitative estimate of drug-likeness (QED) is 0.595. The minimum absolute atomic E-state index is 0.0787. The largest absolute Gasteiger partial charge is 0.368 e. The zero-order valence-corrected chi connectivity index (χ0v) is 13.9. The Balaban J connectivity index is 2.79. The van der Waals surface area contributed by atoms with Gasteiger partial charge in [0.15, 0.2) is 0 Å².